The molecule has 1 heterocycles. The van der Waals surface area contributed by atoms with Crippen molar-refractivity contribution in [2.24, 2.45) is 5.73 Å². The molecule has 0 radical (unpaired) electrons. The van der Waals surface area contributed by atoms with E-state index >= 15 is 0 Å². The number of nitrogens with one attached hydrogen (secondary N) is 1. The number of rotatable bonds is 0. The molecule has 0 amide bonds. The largest absolute Gasteiger partial charge is 0.386 e. The number of allylic oxidation sites excluding steroid dienone is 2. The Morgan fingerprint density at radius 1 is 1.71 bits per heavy atom. The Kier molecular flexibility index (Phi) is 1.02. The van der Waals surface area contributed by atoms with E-state index in [2.05, 4.69) is 5.32 Å². The zero-order valence-corrected chi connectivity index (χ0v) is 4.02. The number of dihydropyridines is 1. The van der Waals surface area contributed by atoms with Crippen LogP contribution < -0.4 is 11.1 Å². The first-order chi connectivity index (χ1) is 3.39. The maximum Gasteiger partial charge on any atom is 0.0962 e. The van der Waals surface area contributed by atoms with Gasteiger partial charge in [-0.15, -0.1) is 0 Å². The van der Waals surface area contributed by atoms with Gasteiger partial charge in [0.25, 0.3) is 0 Å². The minimum absolute atomic E-state index is 0.752. The van der Waals surface area contributed by atoms with Crippen LogP contribution in [0.2, 0.25) is 0 Å². The summed E-state index contributed by atoms with van der Waals surface area (Å²) in [6.45, 7) is 0.863. The third-order valence-electron chi connectivity index (χ3n) is 0.836. The van der Waals surface area contributed by atoms with Gasteiger partial charge in [0.05, 0.1) is 5.82 Å². The van der Waals surface area contributed by atoms with Crippen LogP contribution >= 0.6 is 0 Å². The summed E-state index contributed by atoms with van der Waals surface area (Å²) in [7, 11) is 0. The lowest BCUT2D eigenvalue weighted by Crippen LogP contribution is -2.21. The summed E-state index contributed by atoms with van der Waals surface area (Å²) in [6.07, 6.45) is 5.78. The second-order valence-electron chi connectivity index (χ2n) is 1.43. The summed E-state index contributed by atoms with van der Waals surface area (Å²) in [5, 5.41) is 2.93. The molecule has 7 heavy (non-hydrogen) atoms. The van der Waals surface area contributed by atoms with Crippen LogP contribution in [0.4, 0.5) is 0 Å². The Morgan fingerprint density at radius 3 is 2.86 bits per heavy atom. The van der Waals surface area contributed by atoms with Gasteiger partial charge in [-0.1, -0.05) is 12.2 Å². The van der Waals surface area contributed by atoms with Gasteiger partial charge in [-0.05, 0) is 6.08 Å². The van der Waals surface area contributed by atoms with Gasteiger partial charge in [-0.3, -0.25) is 0 Å². The van der Waals surface area contributed by atoms with E-state index in [0.717, 1.165) is 12.4 Å². The van der Waals surface area contributed by atoms with Crippen LogP contribution in [0.25, 0.3) is 0 Å². The van der Waals surface area contributed by atoms with Crippen LogP contribution in [0, 0.1) is 0 Å². The number of hydrogen-bond donors (Lipinski definition) is 2. The lowest BCUT2D eigenvalue weighted by Gasteiger charge is -2.03. The van der Waals surface area contributed by atoms with Gasteiger partial charge >= 0.3 is 0 Å². The minimum Gasteiger partial charge on any atom is -0.386 e. The van der Waals surface area contributed by atoms with Crippen molar-refractivity contribution in [1.29, 1.82) is 0 Å². The predicted octanol–water partition coefficient (Wildman–Crippen LogP) is -0.0541. The lowest BCUT2D eigenvalue weighted by atomic mass is 10.4. The Bertz CT molecular complexity index is 113. The maximum absolute atomic E-state index is 5.33. The van der Waals surface area contributed by atoms with Crippen LogP contribution in [0.5, 0.6) is 0 Å². The zero-order valence-electron chi connectivity index (χ0n) is 4.02. The van der Waals surface area contributed by atoms with Gasteiger partial charge in [0.1, 0.15) is 0 Å². The van der Waals surface area contributed by atoms with Crippen molar-refractivity contribution in [3.05, 3.63) is 24.0 Å². The van der Waals surface area contributed by atoms with Gasteiger partial charge in [0, 0.05) is 6.54 Å². The summed E-state index contributed by atoms with van der Waals surface area (Å²) in [4.78, 5) is 0. The molecule has 0 saturated heterocycles. The van der Waals surface area contributed by atoms with E-state index in [1.54, 1.807) is 0 Å². The Balaban J connectivity index is 2.57. The first-order valence-corrected chi connectivity index (χ1v) is 2.26. The van der Waals surface area contributed by atoms with E-state index < -0.39 is 0 Å². The number of hydrogen-bond acceptors (Lipinski definition) is 2. The monoisotopic (exact) mass is 96.1 g/mol. The van der Waals surface area contributed by atoms with Crippen molar-refractivity contribution >= 4 is 0 Å². The average Bonchev–Trinajstić information content (AvgIpc) is 1.69. The molecule has 0 unspecified atom stereocenters. The molecule has 0 spiro atoms. The fourth-order valence-electron chi connectivity index (χ4n) is 0.475. The van der Waals surface area contributed by atoms with E-state index in [9.17, 15) is 0 Å². The minimum atomic E-state index is 0.752. The molecule has 0 saturated carbocycles. The molecule has 1 rings (SSSR count). The third kappa shape index (κ3) is 0.961. The van der Waals surface area contributed by atoms with Crippen LogP contribution in [-0.2, 0) is 0 Å². The van der Waals surface area contributed by atoms with Crippen molar-refractivity contribution in [2.45, 2.75) is 0 Å². The van der Waals surface area contributed by atoms with Crippen molar-refractivity contribution in [1.82, 2.24) is 5.32 Å². The Labute approximate surface area is 42.7 Å². The molecule has 0 aromatic rings. The third-order valence-corrected chi connectivity index (χ3v) is 0.836. The summed E-state index contributed by atoms with van der Waals surface area (Å²) in [5.74, 6) is 0.752. The van der Waals surface area contributed by atoms with Crippen molar-refractivity contribution < 1.29 is 0 Å². The van der Waals surface area contributed by atoms with Crippen molar-refractivity contribution in [2.75, 3.05) is 6.54 Å². The smallest absolute Gasteiger partial charge is 0.0962 e. The maximum atomic E-state index is 5.33. The predicted molar refractivity (Wildman–Crippen MR) is 29.4 cm³/mol. The van der Waals surface area contributed by atoms with Crippen molar-refractivity contribution in [3.8, 4) is 0 Å². The van der Waals surface area contributed by atoms with E-state index in [-0.39, 0.29) is 0 Å². The van der Waals surface area contributed by atoms with Crippen LogP contribution in [0.3, 0.4) is 0 Å². The van der Waals surface area contributed by atoms with E-state index in [1.165, 1.54) is 0 Å². The first-order valence-electron chi connectivity index (χ1n) is 2.26. The summed E-state index contributed by atoms with van der Waals surface area (Å²) >= 11 is 0. The second-order valence-corrected chi connectivity index (χ2v) is 1.43. The molecule has 1 aliphatic rings. The molecule has 0 fully saturated rings. The highest BCUT2D eigenvalue weighted by atomic mass is 15.0. The molecule has 0 bridgehead atoms. The van der Waals surface area contributed by atoms with Gasteiger partial charge in [-0.25, -0.2) is 0 Å². The van der Waals surface area contributed by atoms with E-state index in [1.807, 2.05) is 18.2 Å². The highest BCUT2D eigenvalue weighted by Gasteiger charge is 1.85. The molecule has 0 atom stereocenters. The molecule has 2 heteroatoms. The molecule has 38 valence electrons. The highest BCUT2D eigenvalue weighted by Crippen LogP contribution is 1.85. The van der Waals surface area contributed by atoms with Crippen molar-refractivity contribution in [3.63, 3.8) is 0 Å². The topological polar surface area (TPSA) is 38.0 Å². The first kappa shape index (κ1) is 4.24. The lowest BCUT2D eigenvalue weighted by molar-refractivity contribution is 0.874. The molecule has 1 aliphatic heterocycles. The van der Waals surface area contributed by atoms with Gasteiger partial charge in [0.15, 0.2) is 0 Å². The molecular formula is C5H8N2. The molecular weight excluding hydrogens is 88.1 g/mol. The zero-order chi connectivity index (χ0) is 5.11. The quantitative estimate of drug-likeness (QED) is 0.443. The Morgan fingerprint density at radius 2 is 2.57 bits per heavy atom. The SMILES string of the molecule is NC1=CC=CCN1. The van der Waals surface area contributed by atoms with Crippen LogP contribution in [-0.4, -0.2) is 6.54 Å². The van der Waals surface area contributed by atoms with E-state index in [4.69, 9.17) is 5.73 Å². The molecule has 0 aromatic heterocycles. The summed E-state index contributed by atoms with van der Waals surface area (Å²) in [6, 6.07) is 0. The fourth-order valence-corrected chi connectivity index (χ4v) is 0.475. The standard InChI is InChI=1S/C5H8N2/c6-5-3-1-2-4-7-5/h1-3,7H,4,6H2. The van der Waals surface area contributed by atoms with Crippen LogP contribution in [0.15, 0.2) is 24.0 Å². The van der Waals surface area contributed by atoms with Gasteiger partial charge < -0.3 is 11.1 Å². The molecule has 0 aliphatic carbocycles. The van der Waals surface area contributed by atoms with Gasteiger partial charge in [0.2, 0.25) is 0 Å². The Hall–Kier alpha value is -0.920. The normalized spacial score (nSPS) is 18.0. The summed E-state index contributed by atoms with van der Waals surface area (Å²) < 4.78 is 0. The van der Waals surface area contributed by atoms with Gasteiger partial charge in [-0.2, -0.15) is 0 Å². The molecule has 2 nitrogen and oxygen atoms in total. The van der Waals surface area contributed by atoms with Crippen LogP contribution in [0.1, 0.15) is 0 Å². The molecule has 0 aromatic carbocycles. The molecule has 3 N–H and O–H groups in total. The second kappa shape index (κ2) is 1.69. The average molecular weight is 96.1 g/mol. The highest BCUT2D eigenvalue weighted by molar-refractivity contribution is 5.13. The fraction of sp³-hybridized carbons (Fsp3) is 0.200. The van der Waals surface area contributed by atoms with E-state index in [0.29, 0.717) is 0 Å². The number of nitrogens with two attached hydrogens (primary N) is 1. The summed E-state index contributed by atoms with van der Waals surface area (Å²) in [5.41, 5.74) is 5.33.